The average molecular weight is 278 g/mol. The van der Waals surface area contributed by atoms with E-state index >= 15 is 0 Å². The second kappa shape index (κ2) is 4.16. The summed E-state index contributed by atoms with van der Waals surface area (Å²) in [5, 5.41) is 9.98. The van der Waals surface area contributed by atoms with E-state index < -0.39 is 6.23 Å². The molecule has 0 spiro atoms. The van der Waals surface area contributed by atoms with Crippen molar-refractivity contribution in [3.05, 3.63) is 33.3 Å². The van der Waals surface area contributed by atoms with Gasteiger partial charge in [0.05, 0.1) is 6.04 Å². The van der Waals surface area contributed by atoms with Crippen LogP contribution in [0.25, 0.3) is 0 Å². The van der Waals surface area contributed by atoms with E-state index in [4.69, 9.17) is 11.6 Å². The van der Waals surface area contributed by atoms with Crippen LogP contribution in [0.15, 0.2) is 22.7 Å². The molecule has 1 aromatic carbocycles. The molecule has 2 unspecified atom stereocenters. The van der Waals surface area contributed by atoms with E-state index in [1.54, 1.807) is 0 Å². The number of benzene rings is 1. The maximum absolute atomic E-state index is 9.28. The lowest BCUT2D eigenvalue weighted by atomic mass is 10.1. The third-order valence-electron chi connectivity index (χ3n) is 2.22. The van der Waals surface area contributed by atoms with Crippen molar-refractivity contribution in [3.8, 4) is 0 Å². The van der Waals surface area contributed by atoms with Gasteiger partial charge in [-0.25, -0.2) is 10.9 Å². The monoisotopic (exact) mass is 276 g/mol. The van der Waals surface area contributed by atoms with Gasteiger partial charge in [-0.3, -0.25) is 0 Å². The lowest BCUT2D eigenvalue weighted by Crippen LogP contribution is -2.30. The van der Waals surface area contributed by atoms with Gasteiger partial charge in [-0.05, 0) is 17.7 Å². The van der Waals surface area contributed by atoms with Crippen LogP contribution in [0.1, 0.15) is 18.0 Å². The number of rotatable bonds is 1. The Morgan fingerprint density at radius 1 is 1.43 bits per heavy atom. The zero-order chi connectivity index (χ0) is 10.1. The molecular weight excluding hydrogens is 267 g/mol. The molecule has 3 nitrogen and oxygen atoms in total. The summed E-state index contributed by atoms with van der Waals surface area (Å²) in [4.78, 5) is 0. The minimum absolute atomic E-state index is 0.0746. The van der Waals surface area contributed by atoms with Crippen molar-refractivity contribution in [2.75, 3.05) is 0 Å². The molecule has 5 heteroatoms. The second-order valence-electron chi connectivity index (χ2n) is 3.26. The number of aliphatic hydroxyl groups excluding tert-OH is 1. The van der Waals surface area contributed by atoms with E-state index in [9.17, 15) is 5.11 Å². The van der Waals surface area contributed by atoms with Gasteiger partial charge in [0.25, 0.3) is 0 Å². The van der Waals surface area contributed by atoms with Gasteiger partial charge in [0.1, 0.15) is 6.23 Å². The molecule has 1 aliphatic heterocycles. The summed E-state index contributed by atoms with van der Waals surface area (Å²) in [5.74, 6) is 0. The highest BCUT2D eigenvalue weighted by atomic mass is 79.9. The van der Waals surface area contributed by atoms with Crippen LogP contribution in [0.2, 0.25) is 5.02 Å². The average Bonchev–Trinajstić information content (AvgIpc) is 2.51. The van der Waals surface area contributed by atoms with Gasteiger partial charge < -0.3 is 5.11 Å². The zero-order valence-electron chi connectivity index (χ0n) is 7.30. The quantitative estimate of drug-likeness (QED) is 0.735. The molecular formula is C9H10BrClN2O. The Labute approximate surface area is 95.6 Å². The first kappa shape index (κ1) is 10.4. The first-order chi connectivity index (χ1) is 6.66. The summed E-state index contributed by atoms with van der Waals surface area (Å²) in [7, 11) is 0. The zero-order valence-corrected chi connectivity index (χ0v) is 9.64. The lowest BCUT2D eigenvalue weighted by Gasteiger charge is -2.11. The van der Waals surface area contributed by atoms with E-state index in [0.717, 1.165) is 10.0 Å². The van der Waals surface area contributed by atoms with Gasteiger partial charge >= 0.3 is 0 Å². The maximum atomic E-state index is 9.28. The smallest absolute Gasteiger partial charge is 0.119 e. The molecule has 76 valence electrons. The van der Waals surface area contributed by atoms with Crippen molar-refractivity contribution in [2.24, 2.45) is 0 Å². The number of hydrogen-bond donors (Lipinski definition) is 3. The Morgan fingerprint density at radius 3 is 2.79 bits per heavy atom. The third-order valence-corrected chi connectivity index (χ3v) is 3.04. The molecule has 2 atom stereocenters. The minimum atomic E-state index is -0.500. The third kappa shape index (κ3) is 2.10. The summed E-state index contributed by atoms with van der Waals surface area (Å²) in [5.41, 5.74) is 6.73. The molecule has 0 radical (unpaired) electrons. The molecule has 1 aliphatic rings. The van der Waals surface area contributed by atoms with Gasteiger partial charge in [-0.15, -0.1) is 0 Å². The number of halogens is 2. The molecule has 14 heavy (non-hydrogen) atoms. The predicted octanol–water partition coefficient (Wildman–Crippen LogP) is 1.96. The van der Waals surface area contributed by atoms with Gasteiger partial charge in [0.15, 0.2) is 0 Å². The van der Waals surface area contributed by atoms with Crippen molar-refractivity contribution in [3.63, 3.8) is 0 Å². The van der Waals surface area contributed by atoms with Gasteiger partial charge in [0, 0.05) is 15.9 Å². The van der Waals surface area contributed by atoms with Crippen LogP contribution >= 0.6 is 27.5 Å². The Morgan fingerprint density at radius 2 is 2.21 bits per heavy atom. The first-order valence-electron chi connectivity index (χ1n) is 4.31. The molecule has 1 heterocycles. The van der Waals surface area contributed by atoms with Crippen LogP contribution in [0.5, 0.6) is 0 Å². The molecule has 3 N–H and O–H groups in total. The summed E-state index contributed by atoms with van der Waals surface area (Å²) in [6, 6.07) is 5.81. The highest BCUT2D eigenvalue weighted by molar-refractivity contribution is 9.10. The SMILES string of the molecule is OC1CC(c2ccc(Br)cc2Cl)NN1. The van der Waals surface area contributed by atoms with Crippen LogP contribution in [0.4, 0.5) is 0 Å². The fourth-order valence-electron chi connectivity index (χ4n) is 1.53. The van der Waals surface area contributed by atoms with E-state index in [-0.39, 0.29) is 6.04 Å². The van der Waals surface area contributed by atoms with Crippen LogP contribution in [-0.2, 0) is 0 Å². The van der Waals surface area contributed by atoms with Crippen molar-refractivity contribution in [1.82, 2.24) is 10.9 Å². The lowest BCUT2D eigenvalue weighted by molar-refractivity contribution is 0.153. The number of hydrazine groups is 1. The van der Waals surface area contributed by atoms with Crippen LogP contribution in [-0.4, -0.2) is 11.3 Å². The van der Waals surface area contributed by atoms with Crippen LogP contribution in [0.3, 0.4) is 0 Å². The summed E-state index contributed by atoms with van der Waals surface area (Å²) >= 11 is 9.42. The highest BCUT2D eigenvalue weighted by Crippen LogP contribution is 2.30. The van der Waals surface area contributed by atoms with Gasteiger partial charge in [-0.2, -0.15) is 0 Å². The summed E-state index contributed by atoms with van der Waals surface area (Å²) in [6.45, 7) is 0. The Kier molecular flexibility index (Phi) is 3.09. The Balaban J connectivity index is 2.24. The Hall–Kier alpha value is -0.130. The van der Waals surface area contributed by atoms with Crippen molar-refractivity contribution in [1.29, 1.82) is 0 Å². The predicted molar refractivity (Wildman–Crippen MR) is 58.8 cm³/mol. The van der Waals surface area contributed by atoms with Crippen molar-refractivity contribution < 1.29 is 5.11 Å². The number of nitrogens with one attached hydrogen (secondary N) is 2. The van der Waals surface area contributed by atoms with Crippen molar-refractivity contribution >= 4 is 27.5 Å². The van der Waals surface area contributed by atoms with E-state index in [1.807, 2.05) is 18.2 Å². The van der Waals surface area contributed by atoms with Crippen LogP contribution in [0, 0.1) is 0 Å². The molecule has 1 saturated heterocycles. The number of hydrogen-bond acceptors (Lipinski definition) is 3. The van der Waals surface area contributed by atoms with Crippen molar-refractivity contribution in [2.45, 2.75) is 18.7 Å². The van der Waals surface area contributed by atoms with E-state index in [0.29, 0.717) is 11.4 Å². The largest absolute Gasteiger partial charge is 0.377 e. The van der Waals surface area contributed by atoms with Crippen LogP contribution < -0.4 is 10.9 Å². The van der Waals surface area contributed by atoms with Gasteiger partial charge in [0.2, 0.25) is 0 Å². The summed E-state index contributed by atoms with van der Waals surface area (Å²) < 4.78 is 0.956. The topological polar surface area (TPSA) is 44.3 Å². The Bertz CT molecular complexity index is 348. The second-order valence-corrected chi connectivity index (χ2v) is 4.58. The molecule has 2 rings (SSSR count). The molecule has 0 amide bonds. The normalized spacial score (nSPS) is 26.8. The maximum Gasteiger partial charge on any atom is 0.119 e. The fourth-order valence-corrected chi connectivity index (χ4v) is 2.33. The number of aliphatic hydroxyl groups is 1. The van der Waals surface area contributed by atoms with Gasteiger partial charge in [-0.1, -0.05) is 33.6 Å². The summed E-state index contributed by atoms with van der Waals surface area (Å²) in [6.07, 6.45) is 0.126. The molecule has 0 aliphatic carbocycles. The van der Waals surface area contributed by atoms with E-state index in [2.05, 4.69) is 26.8 Å². The fraction of sp³-hybridized carbons (Fsp3) is 0.333. The molecule has 0 bridgehead atoms. The minimum Gasteiger partial charge on any atom is -0.377 e. The highest BCUT2D eigenvalue weighted by Gasteiger charge is 2.24. The first-order valence-corrected chi connectivity index (χ1v) is 5.48. The standard InChI is InChI=1S/C9H10BrClN2O/c10-5-1-2-6(7(11)3-5)8-4-9(14)13-12-8/h1-3,8-9,12-14H,4H2. The molecule has 0 aromatic heterocycles. The molecule has 1 fully saturated rings. The van der Waals surface area contributed by atoms with E-state index in [1.165, 1.54) is 0 Å². The molecule has 1 aromatic rings. The molecule has 0 saturated carbocycles.